The number of aryl methyl sites for hydroxylation is 1. The van der Waals surface area contributed by atoms with Crippen molar-refractivity contribution in [3.63, 3.8) is 0 Å². The van der Waals surface area contributed by atoms with Crippen LogP contribution in [0.2, 0.25) is 0 Å². The Morgan fingerprint density at radius 2 is 1.91 bits per heavy atom. The predicted octanol–water partition coefficient (Wildman–Crippen LogP) is 2.87. The minimum atomic E-state index is -0.984. The van der Waals surface area contributed by atoms with E-state index in [1.54, 1.807) is 12.1 Å². The molecule has 0 aromatic heterocycles. The zero-order valence-corrected chi connectivity index (χ0v) is 12.0. The summed E-state index contributed by atoms with van der Waals surface area (Å²) in [4.78, 5) is 20.7. The lowest BCUT2D eigenvalue weighted by Crippen LogP contribution is -2.17. The number of benzene rings is 2. The van der Waals surface area contributed by atoms with E-state index < -0.39 is 5.97 Å². The van der Waals surface area contributed by atoms with Crippen molar-refractivity contribution in [2.24, 2.45) is 10.1 Å². The summed E-state index contributed by atoms with van der Waals surface area (Å²) in [5.74, 6) is -0.651. The molecule has 0 bridgehead atoms. The summed E-state index contributed by atoms with van der Waals surface area (Å²) in [6.45, 7) is 2.41. The molecule has 1 N–H and O–H groups in total. The Bertz CT molecular complexity index is 794. The van der Waals surface area contributed by atoms with Gasteiger partial charge < -0.3 is 9.94 Å². The molecular formula is C17H14N2O3. The molecule has 0 fully saturated rings. The second-order valence-electron chi connectivity index (χ2n) is 5.01. The Morgan fingerprint density at radius 3 is 2.59 bits per heavy atom. The van der Waals surface area contributed by atoms with Crippen molar-refractivity contribution in [1.82, 2.24) is 0 Å². The number of aromatic carboxylic acids is 1. The van der Waals surface area contributed by atoms with Gasteiger partial charge in [-0.3, -0.25) is 0 Å². The second-order valence-corrected chi connectivity index (χ2v) is 5.01. The molecule has 0 spiro atoms. The van der Waals surface area contributed by atoms with Gasteiger partial charge in [0.05, 0.1) is 12.1 Å². The third-order valence-electron chi connectivity index (χ3n) is 3.32. The van der Waals surface area contributed by atoms with E-state index in [2.05, 4.69) is 10.1 Å². The van der Waals surface area contributed by atoms with Crippen LogP contribution in [-0.2, 0) is 4.84 Å². The van der Waals surface area contributed by atoms with Crippen LogP contribution in [0.3, 0.4) is 0 Å². The Kier molecular flexibility index (Phi) is 3.70. The van der Waals surface area contributed by atoms with Crippen molar-refractivity contribution in [1.29, 1.82) is 0 Å². The average molecular weight is 294 g/mol. The molecule has 0 radical (unpaired) electrons. The number of nitrogens with zero attached hydrogens (tertiary/aromatic N) is 2. The molecule has 1 aliphatic rings. The molecule has 5 heteroatoms. The number of oxime groups is 1. The van der Waals surface area contributed by atoms with Crippen LogP contribution in [0, 0.1) is 6.92 Å². The van der Waals surface area contributed by atoms with Crippen molar-refractivity contribution in [3.05, 3.63) is 70.8 Å². The lowest BCUT2D eigenvalue weighted by Gasteiger charge is -2.13. The van der Waals surface area contributed by atoms with Gasteiger partial charge in [0.2, 0.25) is 0 Å². The Labute approximate surface area is 127 Å². The monoisotopic (exact) mass is 294 g/mol. The van der Waals surface area contributed by atoms with Gasteiger partial charge in [0, 0.05) is 11.1 Å². The topological polar surface area (TPSA) is 71.2 Å². The number of aliphatic imine (C=N–C) groups is 1. The van der Waals surface area contributed by atoms with Crippen LogP contribution in [0.15, 0.2) is 58.7 Å². The first-order valence-corrected chi connectivity index (χ1v) is 6.82. The highest BCUT2D eigenvalue weighted by Crippen LogP contribution is 2.14. The van der Waals surface area contributed by atoms with E-state index in [0.29, 0.717) is 18.0 Å². The summed E-state index contributed by atoms with van der Waals surface area (Å²) in [6, 6.07) is 14.4. The third kappa shape index (κ3) is 2.88. The Morgan fingerprint density at radius 1 is 1.14 bits per heavy atom. The third-order valence-corrected chi connectivity index (χ3v) is 3.32. The number of carboxylic acids is 1. The molecule has 5 nitrogen and oxygen atoms in total. The van der Waals surface area contributed by atoms with Crippen LogP contribution < -0.4 is 0 Å². The predicted molar refractivity (Wildman–Crippen MR) is 83.6 cm³/mol. The summed E-state index contributed by atoms with van der Waals surface area (Å²) >= 11 is 0. The highest BCUT2D eigenvalue weighted by Gasteiger charge is 2.15. The van der Waals surface area contributed by atoms with Crippen LogP contribution in [-0.4, -0.2) is 29.2 Å². The van der Waals surface area contributed by atoms with Gasteiger partial charge in [0.25, 0.3) is 5.90 Å². The molecule has 0 saturated heterocycles. The van der Waals surface area contributed by atoms with Crippen LogP contribution >= 0.6 is 0 Å². The van der Waals surface area contributed by atoms with E-state index in [1.807, 2.05) is 31.2 Å². The van der Waals surface area contributed by atoms with Gasteiger partial charge in [0.15, 0.2) is 0 Å². The fourth-order valence-corrected chi connectivity index (χ4v) is 2.20. The van der Waals surface area contributed by atoms with Gasteiger partial charge in [-0.15, -0.1) is 0 Å². The molecule has 3 rings (SSSR count). The zero-order chi connectivity index (χ0) is 15.5. The van der Waals surface area contributed by atoms with Crippen molar-refractivity contribution >= 4 is 17.6 Å². The molecule has 0 amide bonds. The zero-order valence-electron chi connectivity index (χ0n) is 12.0. The molecule has 0 saturated carbocycles. The quantitative estimate of drug-likeness (QED) is 0.946. The first-order chi connectivity index (χ1) is 10.6. The molecule has 2 aromatic rings. The minimum Gasteiger partial charge on any atom is -0.478 e. The second kappa shape index (κ2) is 5.81. The number of carbonyl (C=O) groups is 1. The minimum absolute atomic E-state index is 0.192. The van der Waals surface area contributed by atoms with E-state index in [-0.39, 0.29) is 5.56 Å². The number of hydrogen-bond donors (Lipinski definition) is 1. The van der Waals surface area contributed by atoms with Gasteiger partial charge in [-0.1, -0.05) is 41.1 Å². The molecule has 2 aromatic carbocycles. The summed E-state index contributed by atoms with van der Waals surface area (Å²) in [5, 5.41) is 13.1. The largest absolute Gasteiger partial charge is 0.478 e. The molecule has 110 valence electrons. The lowest BCUT2D eigenvalue weighted by atomic mass is 10.1. The van der Waals surface area contributed by atoms with Gasteiger partial charge >= 0.3 is 5.97 Å². The maximum atomic E-state index is 11.0. The lowest BCUT2D eigenvalue weighted by molar-refractivity contribution is 0.0697. The smallest absolute Gasteiger partial charge is 0.335 e. The van der Waals surface area contributed by atoms with Gasteiger partial charge in [-0.25, -0.2) is 9.79 Å². The number of rotatable bonds is 3. The standard InChI is InChI=1S/C17H14N2O3/c1-11-4-2-5-12(8-11)15-10-18-16(22-19-15)13-6-3-7-14(9-13)17(20)21/h2-9H,10H2,1H3,(H,20,21). The maximum Gasteiger partial charge on any atom is 0.335 e. The highest BCUT2D eigenvalue weighted by molar-refractivity contribution is 6.06. The van der Waals surface area contributed by atoms with Crippen LogP contribution in [0.1, 0.15) is 27.0 Å². The fraction of sp³-hybridized carbons (Fsp3) is 0.118. The van der Waals surface area contributed by atoms with Gasteiger partial charge in [0.1, 0.15) is 5.71 Å². The highest BCUT2D eigenvalue weighted by atomic mass is 16.6. The first kappa shape index (κ1) is 14.0. The Balaban J connectivity index is 1.81. The SMILES string of the molecule is Cc1cccc(C2=NOC(c3cccc(C(=O)O)c3)=NC2)c1. The molecule has 1 heterocycles. The first-order valence-electron chi connectivity index (χ1n) is 6.82. The van der Waals surface area contributed by atoms with Crippen LogP contribution in [0.4, 0.5) is 0 Å². The average Bonchev–Trinajstić information content (AvgIpc) is 2.55. The summed E-state index contributed by atoms with van der Waals surface area (Å²) in [5.41, 5.74) is 3.66. The molecule has 0 unspecified atom stereocenters. The van der Waals surface area contributed by atoms with Crippen LogP contribution in [0.5, 0.6) is 0 Å². The summed E-state index contributed by atoms with van der Waals surface area (Å²) < 4.78 is 0. The molecular weight excluding hydrogens is 280 g/mol. The molecule has 22 heavy (non-hydrogen) atoms. The normalized spacial score (nSPS) is 13.9. The molecule has 1 aliphatic heterocycles. The van der Waals surface area contributed by atoms with E-state index in [1.165, 1.54) is 12.1 Å². The van der Waals surface area contributed by atoms with Crippen LogP contribution in [0.25, 0.3) is 0 Å². The van der Waals surface area contributed by atoms with Crippen molar-refractivity contribution in [2.45, 2.75) is 6.92 Å². The van der Waals surface area contributed by atoms with E-state index in [4.69, 9.17) is 9.94 Å². The fourth-order valence-electron chi connectivity index (χ4n) is 2.20. The Hall–Kier alpha value is -2.95. The van der Waals surface area contributed by atoms with Crippen molar-refractivity contribution in [3.8, 4) is 0 Å². The van der Waals surface area contributed by atoms with Gasteiger partial charge in [-0.05, 0) is 25.1 Å². The van der Waals surface area contributed by atoms with E-state index >= 15 is 0 Å². The van der Waals surface area contributed by atoms with Crippen molar-refractivity contribution < 1.29 is 14.7 Å². The van der Waals surface area contributed by atoms with Gasteiger partial charge in [-0.2, -0.15) is 0 Å². The molecule has 0 aliphatic carbocycles. The van der Waals surface area contributed by atoms with Crippen molar-refractivity contribution in [2.75, 3.05) is 6.54 Å². The molecule has 0 atom stereocenters. The summed E-state index contributed by atoms with van der Waals surface area (Å²) in [6.07, 6.45) is 0. The number of carboxylic acid groups (broad SMARTS) is 1. The maximum absolute atomic E-state index is 11.0. The van der Waals surface area contributed by atoms with E-state index in [9.17, 15) is 4.79 Å². The van der Waals surface area contributed by atoms with E-state index in [0.717, 1.165) is 16.8 Å². The summed E-state index contributed by atoms with van der Waals surface area (Å²) in [7, 11) is 0. The number of hydrogen-bond acceptors (Lipinski definition) is 4.